The number of aromatic amines is 1. The number of thiophene rings is 1. The number of thioether (sulfide) groups is 1. The van der Waals surface area contributed by atoms with Crippen molar-refractivity contribution in [3.63, 3.8) is 0 Å². The Labute approximate surface area is 164 Å². The van der Waals surface area contributed by atoms with Crippen LogP contribution in [0.1, 0.15) is 34.0 Å². The Kier molecular flexibility index (Phi) is 4.61. The van der Waals surface area contributed by atoms with Gasteiger partial charge in [-0.05, 0) is 44.9 Å². The fraction of sp³-hybridized carbons (Fsp3) is 0.263. The van der Waals surface area contributed by atoms with Gasteiger partial charge in [-0.3, -0.25) is 9.36 Å². The molecule has 0 spiro atoms. The third-order valence-electron chi connectivity index (χ3n) is 4.62. The van der Waals surface area contributed by atoms with Crippen LogP contribution in [0.5, 0.6) is 0 Å². The molecule has 4 aromatic rings. The van der Waals surface area contributed by atoms with Gasteiger partial charge in [0.15, 0.2) is 5.16 Å². The van der Waals surface area contributed by atoms with Crippen molar-refractivity contribution in [2.45, 2.75) is 38.1 Å². The van der Waals surface area contributed by atoms with Crippen LogP contribution in [0, 0.1) is 20.8 Å². The van der Waals surface area contributed by atoms with Crippen molar-refractivity contribution < 1.29 is 0 Å². The maximum absolute atomic E-state index is 12.5. The Morgan fingerprint density at radius 3 is 2.78 bits per heavy atom. The smallest absolute Gasteiger partial charge is 0.259 e. The first-order valence-corrected chi connectivity index (χ1v) is 10.3. The van der Waals surface area contributed by atoms with Gasteiger partial charge in [0.2, 0.25) is 0 Å². The van der Waals surface area contributed by atoms with Crippen LogP contribution < -0.4 is 5.56 Å². The minimum absolute atomic E-state index is 0.0724. The summed E-state index contributed by atoms with van der Waals surface area (Å²) in [6.07, 6.45) is 1.71. The lowest BCUT2D eigenvalue weighted by atomic mass is 10.2. The zero-order chi connectivity index (χ0) is 19.1. The molecule has 0 aliphatic heterocycles. The highest BCUT2D eigenvalue weighted by Crippen LogP contribution is 2.34. The van der Waals surface area contributed by atoms with E-state index in [1.165, 1.54) is 11.8 Å². The van der Waals surface area contributed by atoms with Crippen molar-refractivity contribution >= 4 is 33.3 Å². The predicted molar refractivity (Wildman–Crippen MR) is 110 cm³/mol. The Morgan fingerprint density at radius 1 is 1.22 bits per heavy atom. The van der Waals surface area contributed by atoms with Crippen LogP contribution >= 0.6 is 23.1 Å². The topological polar surface area (TPSA) is 76.5 Å². The summed E-state index contributed by atoms with van der Waals surface area (Å²) in [4.78, 5) is 22.1. The zero-order valence-electron chi connectivity index (χ0n) is 15.5. The number of para-hydroxylation sites is 1. The molecule has 1 atom stereocenters. The summed E-state index contributed by atoms with van der Waals surface area (Å²) < 4.78 is 1.96. The molecule has 0 fully saturated rings. The standard InChI is InChI=1S/C19H19N5OS2/c1-10-7-5-6-8-14(10)24-9-20-23-19(24)27-13(4)16-21-17(25)15-11(2)12(3)26-18(15)22-16/h5-9,13H,1-4H3,(H,21,22,25). The predicted octanol–water partition coefficient (Wildman–Crippen LogP) is 4.34. The molecular formula is C19H19N5OS2. The van der Waals surface area contributed by atoms with E-state index in [4.69, 9.17) is 4.98 Å². The second kappa shape index (κ2) is 6.94. The van der Waals surface area contributed by atoms with Crippen LogP contribution in [0.3, 0.4) is 0 Å². The van der Waals surface area contributed by atoms with E-state index < -0.39 is 0 Å². The monoisotopic (exact) mass is 397 g/mol. The molecule has 0 bridgehead atoms. The van der Waals surface area contributed by atoms with E-state index in [9.17, 15) is 4.79 Å². The lowest BCUT2D eigenvalue weighted by Crippen LogP contribution is -2.12. The SMILES string of the molecule is Cc1ccccc1-n1cnnc1SC(C)c1nc2sc(C)c(C)c2c(=O)[nH]1. The van der Waals surface area contributed by atoms with E-state index in [1.807, 2.05) is 43.5 Å². The second-order valence-corrected chi connectivity index (χ2v) is 8.96. The molecule has 3 heterocycles. The van der Waals surface area contributed by atoms with Gasteiger partial charge in [0.1, 0.15) is 17.0 Å². The van der Waals surface area contributed by atoms with E-state index in [2.05, 4.69) is 28.2 Å². The van der Waals surface area contributed by atoms with E-state index >= 15 is 0 Å². The molecule has 1 N–H and O–H groups in total. The van der Waals surface area contributed by atoms with Crippen LogP contribution in [0.4, 0.5) is 0 Å². The summed E-state index contributed by atoms with van der Waals surface area (Å²) in [5.41, 5.74) is 3.11. The molecule has 1 aromatic carbocycles. The molecule has 6 nitrogen and oxygen atoms in total. The lowest BCUT2D eigenvalue weighted by molar-refractivity contribution is 0.857. The Morgan fingerprint density at radius 2 is 2.00 bits per heavy atom. The van der Waals surface area contributed by atoms with Crippen LogP contribution in [-0.2, 0) is 0 Å². The number of H-pyrrole nitrogens is 1. The first-order valence-electron chi connectivity index (χ1n) is 8.58. The van der Waals surface area contributed by atoms with Crippen LogP contribution in [0.2, 0.25) is 0 Å². The molecule has 0 aliphatic carbocycles. The summed E-state index contributed by atoms with van der Waals surface area (Å²) in [6.45, 7) is 8.05. The van der Waals surface area contributed by atoms with Crippen molar-refractivity contribution in [2.75, 3.05) is 0 Å². The van der Waals surface area contributed by atoms with Gasteiger partial charge < -0.3 is 4.98 Å². The molecule has 0 aliphatic rings. The van der Waals surface area contributed by atoms with Gasteiger partial charge in [-0.2, -0.15) is 0 Å². The van der Waals surface area contributed by atoms with Crippen molar-refractivity contribution in [3.05, 3.63) is 62.8 Å². The fourth-order valence-electron chi connectivity index (χ4n) is 2.98. The molecular weight excluding hydrogens is 378 g/mol. The maximum atomic E-state index is 12.5. The number of aryl methyl sites for hydroxylation is 3. The van der Waals surface area contributed by atoms with Gasteiger partial charge in [-0.25, -0.2) is 4.98 Å². The third-order valence-corrected chi connectivity index (χ3v) is 6.78. The highest BCUT2D eigenvalue weighted by atomic mass is 32.2. The molecule has 3 aromatic heterocycles. The van der Waals surface area contributed by atoms with Gasteiger partial charge >= 0.3 is 0 Å². The number of fused-ring (bicyclic) bond motifs is 1. The summed E-state index contributed by atoms with van der Waals surface area (Å²) >= 11 is 3.08. The molecule has 4 rings (SSSR count). The quantitative estimate of drug-likeness (QED) is 0.518. The number of nitrogens with one attached hydrogen (secondary N) is 1. The first kappa shape index (κ1) is 17.9. The fourth-order valence-corrected chi connectivity index (χ4v) is 4.91. The second-order valence-electron chi connectivity index (χ2n) is 6.44. The van der Waals surface area contributed by atoms with Gasteiger partial charge in [-0.15, -0.1) is 21.5 Å². The van der Waals surface area contributed by atoms with Crippen molar-refractivity contribution in [2.24, 2.45) is 0 Å². The van der Waals surface area contributed by atoms with E-state index in [-0.39, 0.29) is 10.8 Å². The van der Waals surface area contributed by atoms with E-state index in [1.54, 1.807) is 17.7 Å². The largest absolute Gasteiger partial charge is 0.309 e. The molecule has 0 amide bonds. The van der Waals surface area contributed by atoms with Crippen LogP contribution in [0.25, 0.3) is 15.9 Å². The van der Waals surface area contributed by atoms with E-state index in [0.717, 1.165) is 31.7 Å². The number of aromatic nitrogens is 5. The Balaban J connectivity index is 1.69. The summed E-state index contributed by atoms with van der Waals surface area (Å²) in [7, 11) is 0. The highest BCUT2D eigenvalue weighted by molar-refractivity contribution is 7.99. The molecule has 0 radical (unpaired) electrons. The number of rotatable bonds is 4. The zero-order valence-corrected chi connectivity index (χ0v) is 17.1. The van der Waals surface area contributed by atoms with Gasteiger partial charge in [-0.1, -0.05) is 30.0 Å². The van der Waals surface area contributed by atoms with Crippen molar-refractivity contribution in [1.29, 1.82) is 0 Å². The third kappa shape index (κ3) is 3.19. The van der Waals surface area contributed by atoms with Crippen molar-refractivity contribution in [3.8, 4) is 5.69 Å². The first-order chi connectivity index (χ1) is 13.0. The summed E-state index contributed by atoms with van der Waals surface area (Å²) in [5.74, 6) is 0.651. The Bertz CT molecular complexity index is 1190. The number of hydrogen-bond donors (Lipinski definition) is 1. The highest BCUT2D eigenvalue weighted by Gasteiger charge is 2.19. The van der Waals surface area contributed by atoms with E-state index in [0.29, 0.717) is 11.2 Å². The molecule has 27 heavy (non-hydrogen) atoms. The summed E-state index contributed by atoms with van der Waals surface area (Å²) in [5, 5.41) is 9.72. The molecule has 0 saturated carbocycles. The van der Waals surface area contributed by atoms with Gasteiger partial charge in [0, 0.05) is 4.88 Å². The number of benzene rings is 1. The van der Waals surface area contributed by atoms with Crippen LogP contribution in [0.15, 0.2) is 40.5 Å². The number of nitrogens with zero attached hydrogens (tertiary/aromatic N) is 4. The average molecular weight is 398 g/mol. The molecule has 0 saturated heterocycles. The summed E-state index contributed by atoms with van der Waals surface area (Å²) in [6, 6.07) is 8.10. The van der Waals surface area contributed by atoms with Crippen LogP contribution in [-0.4, -0.2) is 24.7 Å². The number of hydrogen-bond acceptors (Lipinski definition) is 6. The Hall–Kier alpha value is -2.45. The van der Waals surface area contributed by atoms with Gasteiger partial charge in [0.25, 0.3) is 5.56 Å². The minimum atomic E-state index is -0.0790. The molecule has 1 unspecified atom stereocenters. The lowest BCUT2D eigenvalue weighted by Gasteiger charge is -2.12. The minimum Gasteiger partial charge on any atom is -0.309 e. The average Bonchev–Trinajstić information content (AvgIpc) is 3.20. The maximum Gasteiger partial charge on any atom is 0.259 e. The molecule has 138 valence electrons. The van der Waals surface area contributed by atoms with Crippen molar-refractivity contribution in [1.82, 2.24) is 24.7 Å². The normalized spacial score (nSPS) is 12.6. The molecule has 8 heteroatoms. The van der Waals surface area contributed by atoms with Gasteiger partial charge in [0.05, 0.1) is 16.3 Å².